The molecular formula is C27H22F3N3O3S. The van der Waals surface area contributed by atoms with Crippen molar-refractivity contribution in [1.82, 2.24) is 9.97 Å². The first-order valence-electron chi connectivity index (χ1n) is 11.1. The molecule has 1 N–H and O–H groups in total. The number of terminal acetylenes is 1. The van der Waals surface area contributed by atoms with Gasteiger partial charge >= 0.3 is 6.18 Å². The van der Waals surface area contributed by atoms with Gasteiger partial charge in [-0.25, -0.2) is 13.4 Å². The molecule has 3 aromatic carbocycles. The topological polar surface area (TPSA) is 83.1 Å². The van der Waals surface area contributed by atoms with Gasteiger partial charge in [-0.15, -0.1) is 6.42 Å². The van der Waals surface area contributed by atoms with Crippen LogP contribution in [0.2, 0.25) is 0 Å². The van der Waals surface area contributed by atoms with Gasteiger partial charge in [0.2, 0.25) is 9.84 Å². The van der Waals surface area contributed by atoms with Crippen molar-refractivity contribution in [3.05, 3.63) is 93.5 Å². The summed E-state index contributed by atoms with van der Waals surface area (Å²) in [6, 6.07) is 13.9. The van der Waals surface area contributed by atoms with Gasteiger partial charge in [0.25, 0.3) is 5.56 Å². The molecular weight excluding hydrogens is 503 g/mol. The smallest absolute Gasteiger partial charge is 0.356 e. The van der Waals surface area contributed by atoms with E-state index in [9.17, 15) is 26.4 Å². The minimum Gasteiger partial charge on any atom is -0.356 e. The van der Waals surface area contributed by atoms with Crippen LogP contribution in [0.15, 0.2) is 75.2 Å². The monoisotopic (exact) mass is 525 g/mol. The maximum Gasteiger partial charge on any atom is 0.417 e. The largest absolute Gasteiger partial charge is 0.417 e. The van der Waals surface area contributed by atoms with Crippen LogP contribution in [0.4, 0.5) is 18.9 Å². The number of nitrogens with one attached hydrogen (secondary N) is 1. The van der Waals surface area contributed by atoms with Crippen molar-refractivity contribution in [3.63, 3.8) is 0 Å². The number of benzene rings is 3. The summed E-state index contributed by atoms with van der Waals surface area (Å²) in [7, 11) is -4.47. The fourth-order valence-electron chi connectivity index (χ4n) is 4.21. The quantitative estimate of drug-likeness (QED) is 0.357. The number of fused-ring (bicyclic) bond motifs is 1. The molecule has 6 nitrogen and oxygen atoms in total. The number of nitrogens with zero attached hydrogens (tertiary/aromatic N) is 2. The Morgan fingerprint density at radius 1 is 1.03 bits per heavy atom. The molecule has 4 aromatic rings. The van der Waals surface area contributed by atoms with Crippen LogP contribution in [0.25, 0.3) is 10.9 Å². The Kier molecular flexibility index (Phi) is 6.84. The summed E-state index contributed by atoms with van der Waals surface area (Å²) in [5.41, 5.74) is -0.347. The van der Waals surface area contributed by atoms with Crippen molar-refractivity contribution in [2.75, 3.05) is 11.4 Å². The number of anilines is 1. The first kappa shape index (κ1) is 26.0. The van der Waals surface area contributed by atoms with E-state index in [2.05, 4.69) is 15.9 Å². The van der Waals surface area contributed by atoms with Gasteiger partial charge in [0.1, 0.15) is 5.82 Å². The summed E-state index contributed by atoms with van der Waals surface area (Å²) in [5.74, 6) is 2.85. The number of sulfone groups is 1. The van der Waals surface area contributed by atoms with Crippen molar-refractivity contribution in [3.8, 4) is 12.3 Å². The lowest BCUT2D eigenvalue weighted by Gasteiger charge is -2.25. The van der Waals surface area contributed by atoms with Gasteiger partial charge in [0.05, 0.1) is 32.8 Å². The van der Waals surface area contributed by atoms with E-state index in [0.29, 0.717) is 27.9 Å². The summed E-state index contributed by atoms with van der Waals surface area (Å²) in [6.45, 7) is 3.07. The SMILES string of the molecule is C#CCN(Cc1cccc2nc(C)[nH]c(=O)c12)c1ccc(S(=O)(=O)c2ccccc2C)c(C(F)(F)F)c1. The fraction of sp³-hybridized carbons (Fsp3) is 0.185. The van der Waals surface area contributed by atoms with Gasteiger partial charge in [-0.2, -0.15) is 13.2 Å². The van der Waals surface area contributed by atoms with E-state index in [1.54, 1.807) is 31.2 Å². The number of rotatable bonds is 6. The van der Waals surface area contributed by atoms with E-state index < -0.39 is 26.5 Å². The summed E-state index contributed by atoms with van der Waals surface area (Å²) in [5, 5.41) is 0.296. The molecule has 0 atom stereocenters. The summed E-state index contributed by atoms with van der Waals surface area (Å²) in [6.07, 6.45) is 0.551. The standard InChI is InChI=1S/C27H22F3N3O3S/c1-4-14-33(16-19-9-7-10-22-25(19)26(34)32-18(3)31-22)20-12-13-24(21(15-20)27(28,29)30)37(35,36)23-11-6-5-8-17(23)2/h1,5-13,15H,14,16H2,2-3H3,(H,31,32,34). The Morgan fingerprint density at radius 3 is 2.43 bits per heavy atom. The highest BCUT2D eigenvalue weighted by Crippen LogP contribution is 2.39. The van der Waals surface area contributed by atoms with Crippen molar-refractivity contribution in [2.45, 2.75) is 36.4 Å². The second-order valence-corrected chi connectivity index (χ2v) is 10.4. The van der Waals surface area contributed by atoms with Crippen LogP contribution < -0.4 is 10.5 Å². The van der Waals surface area contributed by atoms with Crippen LogP contribution in [-0.2, 0) is 22.6 Å². The van der Waals surface area contributed by atoms with E-state index in [1.807, 2.05) is 0 Å². The number of aryl methyl sites for hydroxylation is 2. The number of H-pyrrole nitrogens is 1. The van der Waals surface area contributed by atoms with Gasteiger partial charge < -0.3 is 9.88 Å². The average Bonchev–Trinajstić information content (AvgIpc) is 2.82. The second-order valence-electron chi connectivity index (χ2n) is 8.47. The van der Waals surface area contributed by atoms with Crippen molar-refractivity contribution in [2.24, 2.45) is 0 Å². The molecule has 0 bridgehead atoms. The van der Waals surface area contributed by atoms with Crippen molar-refractivity contribution < 1.29 is 21.6 Å². The highest BCUT2D eigenvalue weighted by molar-refractivity contribution is 7.91. The maximum atomic E-state index is 14.2. The van der Waals surface area contributed by atoms with Crippen LogP contribution in [-0.4, -0.2) is 24.9 Å². The Hall–Kier alpha value is -4.10. The third-order valence-electron chi connectivity index (χ3n) is 5.89. The Bertz CT molecular complexity index is 1700. The predicted molar refractivity (Wildman–Crippen MR) is 135 cm³/mol. The van der Waals surface area contributed by atoms with Crippen LogP contribution in [0.5, 0.6) is 0 Å². The number of hydrogen-bond acceptors (Lipinski definition) is 5. The lowest BCUT2D eigenvalue weighted by molar-refractivity contribution is -0.139. The molecule has 0 spiro atoms. The Morgan fingerprint density at radius 2 is 1.76 bits per heavy atom. The molecule has 1 aromatic heterocycles. The predicted octanol–water partition coefficient (Wildman–Crippen LogP) is 5.03. The molecule has 0 aliphatic heterocycles. The fourth-order valence-corrected chi connectivity index (χ4v) is 5.91. The maximum absolute atomic E-state index is 14.2. The Balaban J connectivity index is 1.84. The highest BCUT2D eigenvalue weighted by atomic mass is 32.2. The second kappa shape index (κ2) is 9.75. The molecule has 1 heterocycles. The average molecular weight is 526 g/mol. The molecule has 0 saturated carbocycles. The van der Waals surface area contributed by atoms with E-state index in [-0.39, 0.29) is 29.2 Å². The lowest BCUT2D eigenvalue weighted by Crippen LogP contribution is -2.25. The summed E-state index contributed by atoms with van der Waals surface area (Å²) < 4.78 is 69.0. The van der Waals surface area contributed by atoms with E-state index >= 15 is 0 Å². The Labute approximate surface area is 211 Å². The molecule has 0 saturated heterocycles. The van der Waals surface area contributed by atoms with Gasteiger partial charge in [0, 0.05) is 12.2 Å². The molecule has 190 valence electrons. The van der Waals surface area contributed by atoms with E-state index in [0.717, 1.165) is 12.1 Å². The lowest BCUT2D eigenvalue weighted by atomic mass is 10.1. The van der Waals surface area contributed by atoms with Crippen LogP contribution in [0.1, 0.15) is 22.5 Å². The molecule has 0 radical (unpaired) electrons. The van der Waals surface area contributed by atoms with Crippen molar-refractivity contribution >= 4 is 26.4 Å². The van der Waals surface area contributed by atoms with Crippen LogP contribution in [0, 0.1) is 26.2 Å². The number of halogens is 3. The normalized spacial score (nSPS) is 11.9. The molecule has 0 aliphatic rings. The number of hydrogen-bond donors (Lipinski definition) is 1. The number of aromatic amines is 1. The molecule has 0 aliphatic carbocycles. The highest BCUT2D eigenvalue weighted by Gasteiger charge is 2.38. The first-order chi connectivity index (χ1) is 17.4. The van der Waals surface area contributed by atoms with E-state index in [1.165, 1.54) is 36.1 Å². The zero-order valence-electron chi connectivity index (χ0n) is 19.9. The van der Waals surface area contributed by atoms with Crippen LogP contribution >= 0.6 is 0 Å². The minimum atomic E-state index is -4.96. The summed E-state index contributed by atoms with van der Waals surface area (Å²) in [4.78, 5) is 20.0. The zero-order valence-corrected chi connectivity index (χ0v) is 20.7. The molecule has 0 unspecified atom stereocenters. The first-order valence-corrected chi connectivity index (χ1v) is 12.6. The molecule has 37 heavy (non-hydrogen) atoms. The van der Waals surface area contributed by atoms with Gasteiger partial charge in [0.15, 0.2) is 0 Å². The van der Waals surface area contributed by atoms with Gasteiger partial charge in [-0.1, -0.05) is 36.3 Å². The molecule has 0 amide bonds. The summed E-state index contributed by atoms with van der Waals surface area (Å²) >= 11 is 0. The van der Waals surface area contributed by atoms with Gasteiger partial charge in [-0.05, 0) is 55.3 Å². The van der Waals surface area contributed by atoms with Gasteiger partial charge in [-0.3, -0.25) is 4.79 Å². The molecule has 4 rings (SSSR count). The van der Waals surface area contributed by atoms with Crippen LogP contribution in [0.3, 0.4) is 0 Å². The number of aromatic nitrogens is 2. The molecule has 0 fully saturated rings. The third-order valence-corrected chi connectivity index (χ3v) is 7.86. The van der Waals surface area contributed by atoms with E-state index in [4.69, 9.17) is 6.42 Å². The minimum absolute atomic E-state index is 0.00342. The van der Waals surface area contributed by atoms with Crippen molar-refractivity contribution in [1.29, 1.82) is 0 Å². The zero-order chi connectivity index (χ0) is 27.0. The third kappa shape index (κ3) is 5.08. The molecule has 10 heteroatoms. The number of alkyl halides is 3.